The number of rotatable bonds is 6. The molecule has 108 valence electrons. The fourth-order valence-corrected chi connectivity index (χ4v) is 2.33. The summed E-state index contributed by atoms with van der Waals surface area (Å²) >= 11 is 0. The van der Waals surface area contributed by atoms with E-state index in [1.165, 1.54) is 4.90 Å². The number of benzene rings is 1. The van der Waals surface area contributed by atoms with Crippen LogP contribution in [0.3, 0.4) is 0 Å². The molecule has 0 bridgehead atoms. The number of halogens is 3. The molecule has 2 N–H and O–H groups in total. The Bertz CT molecular complexity index is 363. The van der Waals surface area contributed by atoms with Crippen LogP contribution in [-0.4, -0.2) is 30.2 Å². The molecule has 2 atom stereocenters. The molecular weight excluding hydrogens is 253 g/mol. The normalized spacial score (nSPS) is 15.5. The van der Waals surface area contributed by atoms with Gasteiger partial charge in [0, 0.05) is 12.1 Å². The van der Waals surface area contributed by atoms with Crippen molar-refractivity contribution in [2.75, 3.05) is 13.1 Å². The highest BCUT2D eigenvalue weighted by atomic mass is 19.4. The van der Waals surface area contributed by atoms with E-state index in [9.17, 15) is 13.2 Å². The van der Waals surface area contributed by atoms with Gasteiger partial charge in [-0.25, -0.2) is 0 Å². The summed E-state index contributed by atoms with van der Waals surface area (Å²) in [5.74, 6) is 0. The van der Waals surface area contributed by atoms with Gasteiger partial charge in [0.2, 0.25) is 0 Å². The zero-order valence-corrected chi connectivity index (χ0v) is 11.3. The van der Waals surface area contributed by atoms with Gasteiger partial charge in [0.1, 0.15) is 0 Å². The van der Waals surface area contributed by atoms with Gasteiger partial charge >= 0.3 is 6.18 Å². The maximum Gasteiger partial charge on any atom is 0.401 e. The molecule has 0 heterocycles. The summed E-state index contributed by atoms with van der Waals surface area (Å²) in [6.45, 7) is 3.06. The average Bonchev–Trinajstić information content (AvgIpc) is 2.28. The summed E-state index contributed by atoms with van der Waals surface area (Å²) in [6, 6.07) is 8.36. The molecule has 0 amide bonds. The first-order chi connectivity index (χ1) is 8.85. The van der Waals surface area contributed by atoms with Crippen LogP contribution >= 0.6 is 0 Å². The van der Waals surface area contributed by atoms with E-state index in [0.29, 0.717) is 13.0 Å². The predicted molar refractivity (Wildman–Crippen MR) is 70.8 cm³/mol. The highest BCUT2D eigenvalue weighted by Crippen LogP contribution is 2.27. The molecule has 5 heteroatoms. The molecule has 19 heavy (non-hydrogen) atoms. The van der Waals surface area contributed by atoms with Crippen LogP contribution < -0.4 is 5.73 Å². The third kappa shape index (κ3) is 5.20. The lowest BCUT2D eigenvalue weighted by atomic mass is 9.99. The molecule has 0 aromatic heterocycles. The van der Waals surface area contributed by atoms with E-state index in [0.717, 1.165) is 5.56 Å². The van der Waals surface area contributed by atoms with Crippen LogP contribution in [0, 0.1) is 0 Å². The molecule has 0 spiro atoms. The van der Waals surface area contributed by atoms with Gasteiger partial charge in [-0.3, -0.25) is 4.90 Å². The first kappa shape index (κ1) is 16.0. The lowest BCUT2D eigenvalue weighted by Crippen LogP contribution is -2.44. The quantitative estimate of drug-likeness (QED) is 0.862. The van der Waals surface area contributed by atoms with Gasteiger partial charge in [0.05, 0.1) is 6.54 Å². The molecule has 2 nitrogen and oxygen atoms in total. The Morgan fingerprint density at radius 3 is 2.21 bits per heavy atom. The molecule has 2 unspecified atom stereocenters. The second-order valence-corrected chi connectivity index (χ2v) is 4.80. The van der Waals surface area contributed by atoms with Crippen molar-refractivity contribution in [1.82, 2.24) is 4.90 Å². The minimum absolute atomic E-state index is 0.365. The Labute approximate surface area is 112 Å². The van der Waals surface area contributed by atoms with E-state index in [2.05, 4.69) is 0 Å². The zero-order valence-electron chi connectivity index (χ0n) is 11.3. The van der Waals surface area contributed by atoms with Crippen LogP contribution in [0.2, 0.25) is 0 Å². The number of hydrogen-bond acceptors (Lipinski definition) is 2. The van der Waals surface area contributed by atoms with Crippen LogP contribution in [0.25, 0.3) is 0 Å². The first-order valence-electron chi connectivity index (χ1n) is 6.46. The summed E-state index contributed by atoms with van der Waals surface area (Å²) in [4.78, 5) is 1.42. The standard InChI is InChI=1S/C14H21F3N2/c1-3-9-19(10-14(15,16)17)13(11(2)18)12-7-5-4-6-8-12/h4-8,11,13H,3,9-10,18H2,1-2H3. The number of alkyl halides is 3. The van der Waals surface area contributed by atoms with Crippen molar-refractivity contribution in [2.24, 2.45) is 5.73 Å². The molecule has 1 aromatic rings. The smallest absolute Gasteiger partial charge is 0.326 e. The third-order valence-electron chi connectivity index (χ3n) is 2.93. The van der Waals surface area contributed by atoms with Crippen molar-refractivity contribution in [3.05, 3.63) is 35.9 Å². The van der Waals surface area contributed by atoms with E-state index in [1.54, 1.807) is 6.92 Å². The lowest BCUT2D eigenvalue weighted by molar-refractivity contribution is -0.152. The first-order valence-corrected chi connectivity index (χ1v) is 6.46. The van der Waals surface area contributed by atoms with Gasteiger partial charge in [-0.1, -0.05) is 37.3 Å². The molecule has 0 saturated carbocycles. The third-order valence-corrected chi connectivity index (χ3v) is 2.93. The van der Waals surface area contributed by atoms with Crippen molar-refractivity contribution in [2.45, 2.75) is 38.5 Å². The molecular formula is C14H21F3N2. The van der Waals surface area contributed by atoms with Crippen molar-refractivity contribution < 1.29 is 13.2 Å². The highest BCUT2D eigenvalue weighted by molar-refractivity contribution is 5.20. The fourth-order valence-electron chi connectivity index (χ4n) is 2.33. The summed E-state index contributed by atoms with van der Waals surface area (Å²) in [5, 5.41) is 0. The van der Waals surface area contributed by atoms with Crippen LogP contribution in [0.1, 0.15) is 31.9 Å². The van der Waals surface area contributed by atoms with Crippen LogP contribution in [0.5, 0.6) is 0 Å². The number of nitrogens with zero attached hydrogens (tertiary/aromatic N) is 1. The zero-order chi connectivity index (χ0) is 14.5. The minimum Gasteiger partial charge on any atom is -0.326 e. The van der Waals surface area contributed by atoms with Crippen LogP contribution in [0.15, 0.2) is 30.3 Å². The van der Waals surface area contributed by atoms with Gasteiger partial charge in [0.25, 0.3) is 0 Å². The summed E-state index contributed by atoms with van der Waals surface area (Å²) in [6.07, 6.45) is -3.55. The molecule has 1 aromatic carbocycles. The Morgan fingerprint density at radius 1 is 1.21 bits per heavy atom. The summed E-state index contributed by atoms with van der Waals surface area (Å²) < 4.78 is 38.1. The Kier molecular flexibility index (Phi) is 5.82. The van der Waals surface area contributed by atoms with Gasteiger partial charge in [0.15, 0.2) is 0 Å². The maximum absolute atomic E-state index is 12.7. The topological polar surface area (TPSA) is 29.3 Å². The predicted octanol–water partition coefficient (Wildman–Crippen LogP) is 3.35. The van der Waals surface area contributed by atoms with E-state index in [-0.39, 0.29) is 6.04 Å². The van der Waals surface area contributed by atoms with Crippen molar-refractivity contribution in [3.63, 3.8) is 0 Å². The SMILES string of the molecule is CCCN(CC(F)(F)F)C(c1ccccc1)C(C)N. The van der Waals surface area contributed by atoms with Crippen molar-refractivity contribution in [1.29, 1.82) is 0 Å². The van der Waals surface area contributed by atoms with Gasteiger partial charge in [-0.2, -0.15) is 13.2 Å². The van der Waals surface area contributed by atoms with Gasteiger partial charge in [-0.05, 0) is 25.5 Å². The van der Waals surface area contributed by atoms with Crippen LogP contribution in [-0.2, 0) is 0 Å². The lowest BCUT2D eigenvalue weighted by Gasteiger charge is -2.35. The largest absolute Gasteiger partial charge is 0.401 e. The second kappa shape index (κ2) is 6.91. The summed E-state index contributed by atoms with van der Waals surface area (Å²) in [7, 11) is 0. The molecule has 0 aliphatic rings. The van der Waals surface area contributed by atoms with E-state index < -0.39 is 18.8 Å². The molecule has 0 saturated heterocycles. The molecule has 0 aliphatic heterocycles. The highest BCUT2D eigenvalue weighted by Gasteiger charge is 2.35. The summed E-state index contributed by atoms with van der Waals surface area (Å²) in [5.41, 5.74) is 6.74. The molecule has 0 fully saturated rings. The minimum atomic E-state index is -4.21. The van der Waals surface area contributed by atoms with Gasteiger partial charge in [-0.15, -0.1) is 0 Å². The number of hydrogen-bond donors (Lipinski definition) is 1. The maximum atomic E-state index is 12.7. The van der Waals surface area contributed by atoms with Crippen molar-refractivity contribution >= 4 is 0 Å². The van der Waals surface area contributed by atoms with E-state index in [4.69, 9.17) is 5.73 Å². The average molecular weight is 274 g/mol. The van der Waals surface area contributed by atoms with E-state index >= 15 is 0 Å². The Morgan fingerprint density at radius 2 is 1.79 bits per heavy atom. The Hall–Kier alpha value is -1.07. The fraction of sp³-hybridized carbons (Fsp3) is 0.571. The second-order valence-electron chi connectivity index (χ2n) is 4.80. The van der Waals surface area contributed by atoms with Crippen molar-refractivity contribution in [3.8, 4) is 0 Å². The molecule has 0 aliphatic carbocycles. The van der Waals surface area contributed by atoms with Crippen LogP contribution in [0.4, 0.5) is 13.2 Å². The molecule has 1 rings (SSSR count). The van der Waals surface area contributed by atoms with Gasteiger partial charge < -0.3 is 5.73 Å². The Balaban J connectivity index is 2.99. The monoisotopic (exact) mass is 274 g/mol. The molecule has 0 radical (unpaired) electrons. The van der Waals surface area contributed by atoms with E-state index in [1.807, 2.05) is 37.3 Å². The number of nitrogens with two attached hydrogens (primary N) is 1.